The van der Waals surface area contributed by atoms with E-state index in [4.69, 9.17) is 36.4 Å². The largest absolute Gasteiger partial charge is 0.508 e. The number of nitrogens with one attached hydrogen (secondary N) is 5. The van der Waals surface area contributed by atoms with Crippen LogP contribution in [0.2, 0.25) is 0 Å². The first-order valence-corrected chi connectivity index (χ1v) is 28.3. The van der Waals surface area contributed by atoms with E-state index in [1.807, 2.05) is 6.92 Å². The number of aliphatic carboxylic acids is 3. The van der Waals surface area contributed by atoms with Crippen molar-refractivity contribution < 1.29 is 97.5 Å². The second-order valence-electron chi connectivity index (χ2n) is 20.2. The molecule has 0 saturated carbocycles. The molecule has 5 atom stereocenters. The third-order valence-corrected chi connectivity index (χ3v) is 13.9. The number of unbranched alkanes of at least 4 members (excludes halogenated alkanes) is 1. The number of carbonyl (C=O) groups is 11. The van der Waals surface area contributed by atoms with Gasteiger partial charge in [0, 0.05) is 88.0 Å². The molecule has 0 radical (unpaired) electrons. The summed E-state index contributed by atoms with van der Waals surface area (Å²) in [6, 6.07) is 8.20. The van der Waals surface area contributed by atoms with E-state index in [2.05, 4.69) is 54.5 Å². The fraction of sp³-hybridized carbons (Fsp3) is 0.500. The quantitative estimate of drug-likeness (QED) is 0.0139. The molecule has 3 rings (SSSR count). The molecule has 0 aliphatic rings. The summed E-state index contributed by atoms with van der Waals surface area (Å²) in [5.41, 5.74) is 17.6. The Balaban J connectivity index is 0.00000632. The lowest BCUT2D eigenvalue weighted by Gasteiger charge is -2.31. The number of aromatic hydroxyl groups is 2. The van der Waals surface area contributed by atoms with Gasteiger partial charge in [-0.3, -0.25) is 62.4 Å². The molecule has 0 spiro atoms. The zero-order chi connectivity index (χ0) is 67.1. The van der Waals surface area contributed by atoms with Gasteiger partial charge in [0.1, 0.15) is 17.5 Å². The van der Waals surface area contributed by atoms with Crippen LogP contribution >= 0.6 is 12.6 Å². The van der Waals surface area contributed by atoms with Crippen molar-refractivity contribution in [2.75, 3.05) is 25.4 Å². The lowest BCUT2D eigenvalue weighted by Crippen LogP contribution is -2.53. The summed E-state index contributed by atoms with van der Waals surface area (Å²) < 4.78 is 1.54. The van der Waals surface area contributed by atoms with Crippen LogP contribution in [0, 0.1) is 11.8 Å². The Bertz CT molecular complexity index is 2890. The number of amides is 6. The molecule has 0 bridgehead atoms. The maximum atomic E-state index is 14.1. The van der Waals surface area contributed by atoms with Gasteiger partial charge in [-0.2, -0.15) is 31.8 Å². The monoisotopic (exact) mass is 1270 g/mol. The molecule has 0 aliphatic carbocycles. The number of rotatable bonds is 41. The standard InChI is InChI=1S/C54H76N12O16S.2CO2/c1-54(34-10-14-37(67)15-11-34,35-12-16-38(68)17-13-35)21-18-45(72)58-23-19-46(73)59-24-20-47(74)61-39(8-2-3-25-66-30-36(64-65-66)7-4-9-44(55)71)51(80)63-41(29-49(77)78)42(69)26-32(6-5-22-60-53(56)57)50(79)62-40(28-48(75)76)43(70)27-33(31-83)52(81)82;2*2-1-3/h10-17,30,32-33,39-41,67-68,83H,2-9,18-29,31H2,1H3,(H2,55,71)(H,58,72)(H,59,73)(H,61,74)(H,62,79)(H,63,80)(H,75,76)(H,77,78)(H,81,82)(H4,56,57,60);;/t32-,33+,39+,40+,41+;;/m1../s1. The van der Waals surface area contributed by atoms with Gasteiger partial charge in [0.05, 0.1) is 36.5 Å². The minimum Gasteiger partial charge on any atom is -0.508 e. The van der Waals surface area contributed by atoms with E-state index in [0.717, 1.165) is 11.1 Å². The van der Waals surface area contributed by atoms with Gasteiger partial charge in [-0.1, -0.05) is 36.4 Å². The average molecular weight is 1270 g/mol. The highest BCUT2D eigenvalue weighted by molar-refractivity contribution is 7.80. The van der Waals surface area contributed by atoms with Crippen LogP contribution in [-0.4, -0.2) is 167 Å². The SMILES string of the molecule is CC(CCC(=O)NCCC(=O)NCCC(=O)N[C@@H](CCCCn1cc(CCCC(N)=O)nn1)C(=O)N[C@@H](CC(=O)O)C(=O)C[C@@H](CCCN=C(N)N)C(=O)N[C@@H](CC(=O)O)C(=O)C[C@@H](CS)C(=O)O)(c1ccc(O)cc1)c1ccc(O)cc1.O=C=O.O=C=O. The van der Waals surface area contributed by atoms with Gasteiger partial charge >= 0.3 is 30.2 Å². The predicted octanol–water partition coefficient (Wildman–Crippen LogP) is -1.08. The number of carbonyl (C=O) groups excluding carboxylic acids is 12. The maximum Gasteiger partial charge on any atom is 0.373 e. The van der Waals surface area contributed by atoms with Gasteiger partial charge in [0.2, 0.25) is 35.4 Å². The number of carboxylic acids is 3. The topological polar surface area (TPSA) is 538 Å². The summed E-state index contributed by atoms with van der Waals surface area (Å²) in [4.78, 5) is 177. The van der Waals surface area contributed by atoms with E-state index in [9.17, 15) is 78.3 Å². The van der Waals surface area contributed by atoms with Gasteiger partial charge in [-0.15, -0.1) is 5.10 Å². The summed E-state index contributed by atoms with van der Waals surface area (Å²) in [5, 5.41) is 69.3. The number of phenolic OH excluding ortho intramolecular Hbond substituents is 2. The van der Waals surface area contributed by atoms with E-state index in [1.165, 1.54) is 28.9 Å². The van der Waals surface area contributed by atoms with Crippen LogP contribution in [0.5, 0.6) is 11.5 Å². The Morgan fingerprint density at radius 3 is 1.60 bits per heavy atom. The van der Waals surface area contributed by atoms with E-state index in [0.29, 0.717) is 37.9 Å². The first-order valence-electron chi connectivity index (χ1n) is 27.7. The fourth-order valence-corrected chi connectivity index (χ4v) is 9.01. The minimum absolute atomic E-state index is 0.0428. The molecule has 32 nitrogen and oxygen atoms in total. The van der Waals surface area contributed by atoms with Crippen molar-refractivity contribution in [1.82, 2.24) is 41.6 Å². The summed E-state index contributed by atoms with van der Waals surface area (Å²) in [7, 11) is 0. The number of hydrogen-bond acceptors (Lipinski definition) is 21. The van der Waals surface area contributed by atoms with Crippen LogP contribution in [0.1, 0.15) is 120 Å². The number of phenols is 2. The molecule has 89 heavy (non-hydrogen) atoms. The molecule has 6 amide bonds. The predicted molar refractivity (Wildman–Crippen MR) is 311 cm³/mol. The molecule has 3 aromatic rings. The second-order valence-corrected chi connectivity index (χ2v) is 20.6. The highest BCUT2D eigenvalue weighted by Crippen LogP contribution is 2.38. The number of primary amides is 1. The number of nitrogens with two attached hydrogens (primary N) is 3. The lowest BCUT2D eigenvalue weighted by molar-refractivity contribution is -0.193. The van der Waals surface area contributed by atoms with Gasteiger partial charge in [0.15, 0.2) is 17.5 Å². The van der Waals surface area contributed by atoms with Gasteiger partial charge in [0.25, 0.3) is 0 Å². The maximum absolute atomic E-state index is 14.1. The molecule has 0 fully saturated rings. The van der Waals surface area contributed by atoms with Crippen LogP contribution in [-0.2, 0) is 90.3 Å². The number of aromatic nitrogens is 3. The Morgan fingerprint density at radius 2 is 1.11 bits per heavy atom. The summed E-state index contributed by atoms with van der Waals surface area (Å²) in [6.07, 6.45) is 0.122. The Kier molecular flexibility index (Phi) is 36.5. The average Bonchev–Trinajstić information content (AvgIpc) is 3.20. The zero-order valence-electron chi connectivity index (χ0n) is 48.8. The molecular formula is C56H76N12O20S. The highest BCUT2D eigenvalue weighted by atomic mass is 32.1. The summed E-state index contributed by atoms with van der Waals surface area (Å²) in [5.74, 6) is -13.6. The van der Waals surface area contributed by atoms with Crippen LogP contribution in [0.3, 0.4) is 0 Å². The Hall–Kier alpha value is -9.87. The number of aliphatic imine (C=N–C) groups is 1. The number of carboxylic acid groups (broad SMARTS) is 3. The minimum atomic E-state index is -1.80. The van der Waals surface area contributed by atoms with Crippen molar-refractivity contribution in [2.24, 2.45) is 34.0 Å². The number of Topliss-reactive ketones (excluding diaryl/α,β-unsaturated/α-hetero) is 2. The highest BCUT2D eigenvalue weighted by Gasteiger charge is 2.35. The molecule has 16 N–H and O–H groups in total. The van der Waals surface area contributed by atoms with Crippen molar-refractivity contribution >= 4 is 95.8 Å². The number of hydrogen-bond donors (Lipinski definition) is 14. The van der Waals surface area contributed by atoms with Crippen molar-refractivity contribution in [3.8, 4) is 11.5 Å². The number of aryl methyl sites for hydroxylation is 2. The van der Waals surface area contributed by atoms with Crippen molar-refractivity contribution in [3.05, 3.63) is 71.5 Å². The molecule has 0 aliphatic heterocycles. The first kappa shape index (κ1) is 77.1. The van der Waals surface area contributed by atoms with Crippen molar-refractivity contribution in [2.45, 2.75) is 140 Å². The third-order valence-electron chi connectivity index (χ3n) is 13.4. The van der Waals surface area contributed by atoms with E-state index >= 15 is 0 Å². The van der Waals surface area contributed by atoms with Crippen molar-refractivity contribution in [3.63, 3.8) is 0 Å². The zero-order valence-corrected chi connectivity index (χ0v) is 49.7. The van der Waals surface area contributed by atoms with Crippen molar-refractivity contribution in [1.29, 1.82) is 0 Å². The van der Waals surface area contributed by atoms with Gasteiger partial charge in [-0.25, -0.2) is 0 Å². The van der Waals surface area contributed by atoms with Crippen LogP contribution in [0.25, 0.3) is 0 Å². The number of nitrogens with zero attached hydrogens (tertiary/aromatic N) is 4. The fourth-order valence-electron chi connectivity index (χ4n) is 8.72. The normalized spacial score (nSPS) is 12.2. The molecule has 1 aromatic heterocycles. The second kappa shape index (κ2) is 42.1. The van der Waals surface area contributed by atoms with E-state index < -0.39 is 120 Å². The Labute approximate surface area is 515 Å². The van der Waals surface area contributed by atoms with Crippen LogP contribution < -0.4 is 43.8 Å². The summed E-state index contributed by atoms with van der Waals surface area (Å²) >= 11 is 3.93. The summed E-state index contributed by atoms with van der Waals surface area (Å²) in [6.45, 7) is 1.93. The van der Waals surface area contributed by atoms with E-state index in [-0.39, 0.29) is 112 Å². The van der Waals surface area contributed by atoms with Gasteiger partial charge < -0.3 is 69.3 Å². The molecule has 33 heteroatoms. The van der Waals surface area contributed by atoms with Crippen LogP contribution in [0.15, 0.2) is 59.7 Å². The van der Waals surface area contributed by atoms with Crippen LogP contribution in [0.4, 0.5) is 0 Å². The molecule has 0 saturated heterocycles. The third kappa shape index (κ3) is 31.9. The molecule has 1 heterocycles. The lowest BCUT2D eigenvalue weighted by atomic mass is 9.73. The molecule has 2 aromatic carbocycles. The number of guanidine groups is 1. The van der Waals surface area contributed by atoms with E-state index in [1.54, 1.807) is 30.5 Å². The molecular weight excluding hydrogens is 1190 g/mol. The first-order chi connectivity index (χ1) is 42.1. The number of ketones is 2. The number of benzene rings is 2. The molecule has 486 valence electrons. The smallest absolute Gasteiger partial charge is 0.373 e. The number of thiol groups is 1. The van der Waals surface area contributed by atoms with Gasteiger partial charge in [-0.05, 0) is 86.8 Å². The Morgan fingerprint density at radius 1 is 0.618 bits per heavy atom. The molecule has 0 unspecified atom stereocenters.